The highest BCUT2D eigenvalue weighted by Crippen LogP contribution is 2.53. The van der Waals surface area contributed by atoms with Crippen LogP contribution >= 0.6 is 30.4 Å². The van der Waals surface area contributed by atoms with Gasteiger partial charge in [-0.05, 0) is 175 Å². The Kier molecular flexibility index (Phi) is 40.6. The van der Waals surface area contributed by atoms with Crippen LogP contribution < -0.4 is 39.8 Å². The molecule has 0 radical (unpaired) electrons. The zero-order chi connectivity index (χ0) is 101. The minimum Gasteiger partial charge on any atom is -0.505 e. The predicted molar refractivity (Wildman–Crippen MR) is 515 cm³/mol. The number of benzene rings is 9. The molecule has 13 rings (SSSR count). The van der Waals surface area contributed by atoms with Crippen LogP contribution in [-0.4, -0.2) is 180 Å². The van der Waals surface area contributed by atoms with Crippen molar-refractivity contribution in [1.29, 1.82) is 0 Å². The number of fused-ring (bicyclic) bond motifs is 4. The minimum atomic E-state index is -4.01. The number of esters is 4. The molecule has 2 aliphatic rings. The second-order valence-electron chi connectivity index (χ2n) is 31.0. The van der Waals surface area contributed by atoms with E-state index >= 15 is 0 Å². The molecule has 11 aromatic rings. The molecular weight excluding hydrogens is 1900 g/mol. The summed E-state index contributed by atoms with van der Waals surface area (Å²) in [5.41, 5.74) is 10.5. The quantitative estimate of drug-likeness (QED) is 0.0135. The van der Waals surface area contributed by atoms with Gasteiger partial charge in [-0.2, -0.15) is 0 Å². The lowest BCUT2D eigenvalue weighted by atomic mass is 9.93. The van der Waals surface area contributed by atoms with Gasteiger partial charge in [0.2, 0.25) is 0 Å². The second-order valence-corrected chi connectivity index (χ2v) is 39.3. The van der Waals surface area contributed by atoms with Gasteiger partial charge in [0.05, 0.1) is 78.8 Å². The van der Waals surface area contributed by atoms with Gasteiger partial charge in [-0.3, -0.25) is 47.2 Å². The number of alkyl carbamates (subject to hydrolysis) is 1. The molecule has 0 fully saturated rings. The maximum Gasteiger partial charge on any atom is 0.407 e. The van der Waals surface area contributed by atoms with E-state index in [2.05, 4.69) is 25.9 Å². The summed E-state index contributed by atoms with van der Waals surface area (Å²) >= 11 is 0. The highest BCUT2D eigenvalue weighted by Gasteiger charge is 2.42. The van der Waals surface area contributed by atoms with Crippen molar-refractivity contribution >= 4 is 106 Å². The number of aromatic nitrogens is 2. The van der Waals surface area contributed by atoms with E-state index in [1.807, 2.05) is 36.4 Å². The summed E-state index contributed by atoms with van der Waals surface area (Å²) in [6.07, 6.45) is -2.78. The van der Waals surface area contributed by atoms with Gasteiger partial charge in [0.25, 0.3) is 23.6 Å². The van der Waals surface area contributed by atoms with Crippen LogP contribution in [0.2, 0.25) is 0 Å². The Hall–Kier alpha value is -13.6. The number of aryl methyl sites for hydroxylation is 1. The number of carbonyl (C=O) groups excluding carboxylic acids is 9. The third kappa shape index (κ3) is 31.2. The van der Waals surface area contributed by atoms with Crippen LogP contribution in [0.1, 0.15) is 130 Å². The molecule has 0 saturated heterocycles. The largest absolute Gasteiger partial charge is 0.505 e. The number of pyridine rings is 2. The highest BCUT2D eigenvalue weighted by molar-refractivity contribution is 7.55. The first-order valence-electron chi connectivity index (χ1n) is 44.7. The lowest BCUT2D eigenvalue weighted by Crippen LogP contribution is -2.30. The van der Waals surface area contributed by atoms with Crippen LogP contribution in [-0.2, 0) is 112 Å². The third-order valence-corrected chi connectivity index (χ3v) is 28.2. The summed E-state index contributed by atoms with van der Waals surface area (Å²) in [5, 5.41) is 20.0. The molecule has 742 valence electrons. The number of para-hydroxylation sites is 4. The number of hydrogen-bond donors (Lipinski definition) is 5. The number of phenols is 1. The molecule has 41 heteroatoms. The number of amides is 5. The van der Waals surface area contributed by atoms with Crippen LogP contribution in [0.3, 0.4) is 0 Å². The Morgan fingerprint density at radius 1 is 0.407 bits per heavy atom. The van der Waals surface area contributed by atoms with Crippen LogP contribution in [0.25, 0.3) is 21.8 Å². The van der Waals surface area contributed by atoms with E-state index in [1.165, 1.54) is 63.1 Å². The van der Waals surface area contributed by atoms with E-state index in [0.717, 1.165) is 11.1 Å². The lowest BCUT2D eigenvalue weighted by Gasteiger charge is -2.22. The average molecular weight is 2010 g/mol. The van der Waals surface area contributed by atoms with Gasteiger partial charge in [-0.25, -0.2) is 51.0 Å². The summed E-state index contributed by atoms with van der Waals surface area (Å²) in [6.45, 7) is 15.2. The summed E-state index contributed by atoms with van der Waals surface area (Å²) < 4.78 is 149. The Balaban J connectivity index is 0.000000200. The molecule has 6 N–H and O–H groups in total. The van der Waals surface area contributed by atoms with E-state index in [-0.39, 0.29) is 161 Å². The number of nitrogens with zero attached hydrogens (tertiary/aromatic N) is 4. The Labute approximate surface area is 807 Å². The van der Waals surface area contributed by atoms with Gasteiger partial charge in [0.15, 0.2) is 30.2 Å². The van der Waals surface area contributed by atoms with Gasteiger partial charge in [0.1, 0.15) is 46.8 Å². The fourth-order valence-corrected chi connectivity index (χ4v) is 20.7. The predicted octanol–water partition coefficient (Wildman–Crippen LogP) is 17.4. The van der Waals surface area contributed by atoms with Gasteiger partial charge < -0.3 is 78.4 Å². The zero-order valence-corrected chi connectivity index (χ0v) is 81.9. The van der Waals surface area contributed by atoms with Crippen molar-refractivity contribution in [2.75, 3.05) is 77.3 Å². The topological polar surface area (TPSA) is 456 Å². The lowest BCUT2D eigenvalue weighted by molar-refractivity contribution is -0.151. The van der Waals surface area contributed by atoms with Crippen LogP contribution in [0, 0.1) is 18.6 Å². The number of nitrogens with two attached hydrogens (primary N) is 1. The molecule has 2 aromatic heterocycles. The van der Waals surface area contributed by atoms with E-state index in [1.54, 1.807) is 210 Å². The number of carbonyl (C=O) groups is 9. The summed E-state index contributed by atoms with van der Waals surface area (Å²) in [7, 11) is -15.3. The number of aromatic hydroxyl groups is 1. The maximum absolute atomic E-state index is 13.9. The minimum absolute atomic E-state index is 0.00245. The van der Waals surface area contributed by atoms with Crippen LogP contribution in [0.5, 0.6) is 28.7 Å². The molecule has 0 aliphatic carbocycles. The van der Waals surface area contributed by atoms with Gasteiger partial charge in [-0.1, -0.05) is 140 Å². The van der Waals surface area contributed by atoms with E-state index in [0.29, 0.717) is 55.6 Å². The summed E-state index contributed by atoms with van der Waals surface area (Å²) in [4.78, 5) is 126. The van der Waals surface area contributed by atoms with Crippen molar-refractivity contribution in [2.45, 2.75) is 120 Å². The average Bonchev–Trinajstić information content (AvgIpc) is 1.56. The molecule has 140 heavy (non-hydrogen) atoms. The van der Waals surface area contributed by atoms with Gasteiger partial charge in [0, 0.05) is 81.1 Å². The molecule has 0 saturated carbocycles. The Morgan fingerprint density at radius 2 is 0.721 bits per heavy atom. The molecule has 4 unspecified atom stereocenters. The number of ether oxygens (including phenoxy) is 5. The Bertz CT molecular complexity index is 6030. The highest BCUT2D eigenvalue weighted by atomic mass is 31.2. The first kappa shape index (κ1) is 108. The number of hydrogen-bond acceptors (Lipinski definition) is 30. The number of phenolic OH excluding ortho intramolecular Hbond substituents is 1. The normalized spacial score (nSPS) is 14.4. The molecule has 8 atom stereocenters. The molecule has 0 spiro atoms. The second kappa shape index (κ2) is 52.4. The summed E-state index contributed by atoms with van der Waals surface area (Å²) in [5.74, 6) is -4.38. The molecule has 2 aliphatic heterocycles. The maximum atomic E-state index is 13.9. The molecule has 0 bridgehead atoms. The SMILES string of the molecule is CCOC(=O)[C@H](C)OP(=O)(CCN)Oc1ccccc1.CCOC(=O)[C@H](C)OP(=O)(CCNC(=O)OCc1ccccc1)Oc1ccccc1.CCOC(=O)[C@H](C)OP(=O)(CCNC(=O)c1c2c(c(C)c3ncccc13)C(=O)N(Cc1ccc(F)cc1)C2)Oc1ccccc1.CCOC(=O)[C@H](C)OP(=O)(CCNC(=O)c1c2c(c(O)c3ncccc13)C(=O)N(Cc1ccc(F)cc1)C2)Oc1ccccc1. The van der Waals surface area contributed by atoms with Crippen molar-refractivity contribution in [3.8, 4) is 28.7 Å². The van der Waals surface area contributed by atoms with Crippen molar-refractivity contribution in [2.24, 2.45) is 5.73 Å². The first-order valence-corrected chi connectivity index (χ1v) is 51.6. The first-order chi connectivity index (χ1) is 67.1. The van der Waals surface area contributed by atoms with Gasteiger partial charge in [-0.15, -0.1) is 0 Å². The standard InChI is InChI=1S/C33H33FN3O7P.C32H31FN3O8P.C21H26NO7P.C13H20NO5P/c1-4-42-33(40)22(3)43-45(41,44-25-9-6-5-7-10-25)18-17-36-31(38)29-26-11-8-16-35-30(26)21(2)28-27(29)20-37(32(28)39)19-23-12-14-24(34)15-13-23;1-3-42-32(40)20(2)43-45(41,44-23-8-5-4-6-9-23)17-16-35-30(38)26-24-10-7-15-34-28(24)29(37)27-25(26)19-36(31(27)39)18-21-11-13-22(33)14-12-21;1-3-26-20(23)17(2)28-30(25,29-19-12-8-5-9-13-19)15-14-22-21(24)27-16-18-10-6-4-7-11-18;1-3-17-13(15)11(2)18-20(16,10-9-14)19-12-7-5-4-6-8-12/h5-16,22H,4,17-20H2,1-3H3,(H,36,38);4-15,20,37H,3,16-19H2,1-2H3,(H,35,38);4-13,17H,3,14-16H2,1-2H3,(H,22,24);4-8,11H,3,9-10,14H2,1-2H3/t22-,45?;20-,45?;17-,30?;11-,20?/m0000/s1. The Morgan fingerprint density at radius 3 is 1.07 bits per heavy atom. The molecule has 35 nitrogen and oxygen atoms in total. The smallest absolute Gasteiger partial charge is 0.407 e. The molecule has 5 amide bonds. The van der Waals surface area contributed by atoms with Crippen molar-refractivity contribution in [3.63, 3.8) is 0 Å². The summed E-state index contributed by atoms with van der Waals surface area (Å²) in [6, 6.07) is 61.2. The van der Waals surface area contributed by atoms with Crippen molar-refractivity contribution in [3.05, 3.63) is 304 Å². The molecular formula is C99H110F2N8O27P4. The van der Waals surface area contributed by atoms with Gasteiger partial charge >= 0.3 is 60.4 Å². The molecule has 9 aromatic carbocycles. The monoisotopic (exact) mass is 2000 g/mol. The number of rotatable bonds is 43. The number of nitrogens with one attached hydrogen (secondary N) is 3. The van der Waals surface area contributed by atoms with Crippen LogP contribution in [0.15, 0.2) is 237 Å². The zero-order valence-electron chi connectivity index (χ0n) is 78.3. The van der Waals surface area contributed by atoms with Crippen molar-refractivity contribution in [1.82, 2.24) is 35.7 Å². The van der Waals surface area contributed by atoms with E-state index < -0.39 is 108 Å². The fraction of sp³-hybridized carbons (Fsp3) is 0.303. The fourth-order valence-electron chi connectivity index (χ4n) is 14.2. The van der Waals surface area contributed by atoms with Crippen LogP contribution in [0.4, 0.5) is 13.6 Å². The number of halogens is 2. The molecule has 4 heterocycles. The van der Waals surface area contributed by atoms with Crippen molar-refractivity contribution < 1.29 is 135 Å². The van der Waals surface area contributed by atoms with E-state index in [9.17, 15) is 75.3 Å². The van der Waals surface area contributed by atoms with E-state index in [4.69, 9.17) is 65.6 Å². The third-order valence-electron chi connectivity index (χ3n) is 20.6.